The standard InChI is InChI=1S/C43H24F6N2O6/c44-42(45,46)41(43(47,48)49,25-11-21-33-35(23-25)39(54)50(37(33)52)27-13-17-31(18-14-27)56-29-7-3-1-4-8-29)26-12-22-34-36(24-26)40(55)51(38(34)53)28-15-19-32(20-16-28)57-30-9-5-2-6-10-30/h1-24H. The van der Waals surface area contributed by atoms with E-state index in [0.29, 0.717) is 57.1 Å². The number of imide groups is 2. The van der Waals surface area contributed by atoms with Gasteiger partial charge >= 0.3 is 12.4 Å². The molecule has 0 aliphatic carbocycles. The van der Waals surface area contributed by atoms with Gasteiger partial charge in [0.25, 0.3) is 23.6 Å². The van der Waals surface area contributed by atoms with Crippen molar-refractivity contribution in [3.05, 3.63) is 179 Å². The van der Waals surface area contributed by atoms with E-state index in [4.69, 9.17) is 9.47 Å². The van der Waals surface area contributed by atoms with Crippen molar-refractivity contribution < 1.29 is 55.0 Å². The van der Waals surface area contributed by atoms with Crippen LogP contribution in [0.3, 0.4) is 0 Å². The number of ether oxygens (including phenoxy) is 2. The van der Waals surface area contributed by atoms with E-state index >= 15 is 26.3 Å². The second-order valence-electron chi connectivity index (χ2n) is 13.0. The molecule has 0 spiro atoms. The van der Waals surface area contributed by atoms with E-state index < -0.39 is 74.8 Å². The first-order valence-corrected chi connectivity index (χ1v) is 17.0. The average Bonchev–Trinajstić information content (AvgIpc) is 3.58. The van der Waals surface area contributed by atoms with Gasteiger partial charge in [0.2, 0.25) is 5.41 Å². The van der Waals surface area contributed by atoms with E-state index in [1.165, 1.54) is 48.5 Å². The lowest BCUT2D eigenvalue weighted by Gasteiger charge is -2.38. The Morgan fingerprint density at radius 2 is 0.684 bits per heavy atom. The number of para-hydroxylation sites is 2. The number of benzene rings is 6. The largest absolute Gasteiger partial charge is 0.457 e. The lowest BCUT2D eigenvalue weighted by molar-refractivity contribution is -0.288. The summed E-state index contributed by atoms with van der Waals surface area (Å²) < 4.78 is 103. The Hall–Kier alpha value is -7.22. The van der Waals surface area contributed by atoms with E-state index in [1.54, 1.807) is 60.7 Å². The summed E-state index contributed by atoms with van der Waals surface area (Å²) in [6.45, 7) is 0. The Morgan fingerprint density at radius 3 is 1.02 bits per heavy atom. The van der Waals surface area contributed by atoms with Gasteiger partial charge in [0.1, 0.15) is 23.0 Å². The minimum absolute atomic E-state index is 0.00853. The Bertz CT molecular complexity index is 2390. The number of hydrogen-bond donors (Lipinski definition) is 0. The number of halogens is 6. The molecule has 0 bridgehead atoms. The summed E-state index contributed by atoms with van der Waals surface area (Å²) in [6, 6.07) is 31.6. The van der Waals surface area contributed by atoms with Crippen molar-refractivity contribution in [2.75, 3.05) is 9.80 Å². The third-order valence-corrected chi connectivity index (χ3v) is 9.64. The summed E-state index contributed by atoms with van der Waals surface area (Å²) in [4.78, 5) is 55.3. The van der Waals surface area contributed by atoms with Crippen LogP contribution in [0.25, 0.3) is 0 Å². The van der Waals surface area contributed by atoms with E-state index in [2.05, 4.69) is 0 Å². The van der Waals surface area contributed by atoms with Gasteiger partial charge in [-0.15, -0.1) is 0 Å². The molecular weight excluding hydrogens is 754 g/mol. The number of fused-ring (bicyclic) bond motifs is 2. The molecule has 4 amide bonds. The highest BCUT2D eigenvalue weighted by Gasteiger charge is 2.73. The van der Waals surface area contributed by atoms with Crippen LogP contribution in [0, 0.1) is 0 Å². The normalized spacial score (nSPS) is 14.2. The van der Waals surface area contributed by atoms with Crippen LogP contribution in [0.5, 0.6) is 23.0 Å². The summed E-state index contributed by atoms with van der Waals surface area (Å²) in [5.74, 6) is -2.61. The molecule has 0 atom stereocenters. The molecule has 6 aromatic carbocycles. The second kappa shape index (κ2) is 13.5. The van der Waals surface area contributed by atoms with Gasteiger partial charge in [0, 0.05) is 0 Å². The Balaban J connectivity index is 1.13. The first-order chi connectivity index (χ1) is 27.2. The van der Waals surface area contributed by atoms with Crippen molar-refractivity contribution in [3.8, 4) is 23.0 Å². The third-order valence-electron chi connectivity index (χ3n) is 9.64. The molecular formula is C43H24F6N2O6. The lowest BCUT2D eigenvalue weighted by atomic mass is 9.71. The molecule has 2 aliphatic heterocycles. The summed E-state index contributed by atoms with van der Waals surface area (Å²) in [5.41, 5.74) is -9.93. The second-order valence-corrected chi connectivity index (χ2v) is 13.0. The number of rotatable bonds is 8. The third kappa shape index (κ3) is 6.05. The van der Waals surface area contributed by atoms with Crippen LogP contribution in [-0.4, -0.2) is 36.0 Å². The zero-order valence-electron chi connectivity index (χ0n) is 29.0. The maximum absolute atomic E-state index is 15.3. The summed E-state index contributed by atoms with van der Waals surface area (Å²) in [7, 11) is 0. The molecule has 2 aliphatic rings. The zero-order valence-corrected chi connectivity index (χ0v) is 29.0. The molecule has 0 fully saturated rings. The topological polar surface area (TPSA) is 93.2 Å². The minimum Gasteiger partial charge on any atom is -0.457 e. The van der Waals surface area contributed by atoms with E-state index in [0.717, 1.165) is 12.1 Å². The van der Waals surface area contributed by atoms with Gasteiger partial charge in [-0.05, 0) is 108 Å². The van der Waals surface area contributed by atoms with Gasteiger partial charge in [0.05, 0.1) is 33.6 Å². The van der Waals surface area contributed by atoms with E-state index in [1.807, 2.05) is 0 Å². The molecule has 14 heteroatoms. The highest BCUT2D eigenvalue weighted by Crippen LogP contribution is 2.57. The average molecular weight is 779 g/mol. The predicted octanol–water partition coefficient (Wildman–Crippen LogP) is 10.3. The van der Waals surface area contributed by atoms with Crippen molar-refractivity contribution in [2.45, 2.75) is 17.8 Å². The smallest absolute Gasteiger partial charge is 0.411 e. The summed E-state index contributed by atoms with van der Waals surface area (Å²) >= 11 is 0. The van der Waals surface area contributed by atoms with Crippen molar-refractivity contribution in [1.29, 1.82) is 0 Å². The van der Waals surface area contributed by atoms with E-state index in [-0.39, 0.29) is 11.4 Å². The summed E-state index contributed by atoms with van der Waals surface area (Å²) in [5, 5.41) is 0. The molecule has 2 heterocycles. The molecule has 57 heavy (non-hydrogen) atoms. The van der Waals surface area contributed by atoms with Gasteiger partial charge in [-0.2, -0.15) is 26.3 Å². The van der Waals surface area contributed by atoms with Crippen LogP contribution in [0.4, 0.5) is 37.7 Å². The van der Waals surface area contributed by atoms with Crippen LogP contribution >= 0.6 is 0 Å². The Labute approximate surface area is 319 Å². The van der Waals surface area contributed by atoms with Crippen molar-refractivity contribution in [1.82, 2.24) is 0 Å². The van der Waals surface area contributed by atoms with Crippen LogP contribution in [0.2, 0.25) is 0 Å². The highest BCUT2D eigenvalue weighted by molar-refractivity contribution is 6.35. The van der Waals surface area contributed by atoms with Gasteiger partial charge in [-0.1, -0.05) is 48.5 Å². The number of nitrogens with zero attached hydrogens (tertiary/aromatic N) is 2. The number of hydrogen-bond acceptors (Lipinski definition) is 6. The molecule has 0 saturated carbocycles. The molecule has 0 N–H and O–H groups in total. The zero-order chi connectivity index (χ0) is 40.3. The van der Waals surface area contributed by atoms with Crippen molar-refractivity contribution in [2.24, 2.45) is 0 Å². The maximum atomic E-state index is 15.3. The lowest BCUT2D eigenvalue weighted by Crippen LogP contribution is -2.55. The summed E-state index contributed by atoms with van der Waals surface area (Å²) in [6.07, 6.45) is -12.2. The van der Waals surface area contributed by atoms with Crippen LogP contribution in [0.1, 0.15) is 52.6 Å². The van der Waals surface area contributed by atoms with Gasteiger partial charge in [0.15, 0.2) is 0 Å². The fraction of sp³-hybridized carbons (Fsp3) is 0.0698. The number of carbonyl (C=O) groups is 4. The quantitative estimate of drug-likeness (QED) is 0.113. The highest BCUT2D eigenvalue weighted by atomic mass is 19.4. The van der Waals surface area contributed by atoms with Crippen LogP contribution in [-0.2, 0) is 5.41 Å². The van der Waals surface area contributed by atoms with Gasteiger partial charge < -0.3 is 9.47 Å². The number of amides is 4. The molecule has 0 saturated heterocycles. The molecule has 8 nitrogen and oxygen atoms in total. The first kappa shape index (κ1) is 36.7. The fourth-order valence-electron chi connectivity index (χ4n) is 6.97. The van der Waals surface area contributed by atoms with Crippen molar-refractivity contribution >= 4 is 35.0 Å². The molecule has 8 rings (SSSR count). The number of anilines is 2. The fourth-order valence-corrected chi connectivity index (χ4v) is 6.97. The number of alkyl halides is 6. The SMILES string of the molecule is O=C1c2ccc(C(c3ccc4c(c3)C(=O)N(c3ccc(Oc5ccccc5)cc3)C4=O)(C(F)(F)F)C(F)(F)F)cc2C(=O)N1c1ccc(Oc2ccccc2)cc1. The molecule has 284 valence electrons. The first-order valence-electron chi connectivity index (χ1n) is 17.0. The number of carbonyl (C=O) groups excluding carboxylic acids is 4. The van der Waals surface area contributed by atoms with Crippen molar-refractivity contribution in [3.63, 3.8) is 0 Å². The van der Waals surface area contributed by atoms with Crippen LogP contribution < -0.4 is 19.3 Å². The van der Waals surface area contributed by atoms with Gasteiger partial charge in [-0.3, -0.25) is 19.2 Å². The van der Waals surface area contributed by atoms with Gasteiger partial charge in [-0.25, -0.2) is 9.80 Å². The molecule has 0 aromatic heterocycles. The monoisotopic (exact) mass is 778 g/mol. The molecule has 0 unspecified atom stereocenters. The van der Waals surface area contributed by atoms with Crippen LogP contribution in [0.15, 0.2) is 146 Å². The predicted molar refractivity (Wildman–Crippen MR) is 194 cm³/mol. The molecule has 6 aromatic rings. The Morgan fingerprint density at radius 1 is 0.368 bits per heavy atom. The Kier molecular flexibility index (Phi) is 8.71. The maximum Gasteiger partial charge on any atom is 0.411 e. The van der Waals surface area contributed by atoms with E-state index in [9.17, 15) is 19.2 Å². The molecule has 0 radical (unpaired) electrons. The minimum atomic E-state index is -6.12.